The van der Waals surface area contributed by atoms with E-state index in [1.165, 1.54) is 0 Å². The molecule has 1 aliphatic heterocycles. The van der Waals surface area contributed by atoms with E-state index >= 15 is 0 Å². The summed E-state index contributed by atoms with van der Waals surface area (Å²) in [6.45, 7) is 6.64. The van der Waals surface area contributed by atoms with Gasteiger partial charge in [0.2, 0.25) is 11.8 Å². The molecule has 0 aliphatic carbocycles. The lowest BCUT2D eigenvalue weighted by atomic mass is 9.95. The topological polar surface area (TPSA) is 110 Å². The Kier molecular flexibility index (Phi) is 8.28. The third-order valence-corrected chi connectivity index (χ3v) is 3.58. The van der Waals surface area contributed by atoms with E-state index < -0.39 is 0 Å². The number of aliphatic imine (C=N–C) groups is 1. The first-order valence-corrected chi connectivity index (χ1v) is 7.69. The first kappa shape index (κ1) is 19.7. The van der Waals surface area contributed by atoms with E-state index in [0.717, 1.165) is 38.4 Å². The average molecular weight is 436 g/mol. The average Bonchev–Trinajstić information content (AvgIpc) is 2.88. The molecule has 9 heteroatoms. The molecule has 0 saturated carbocycles. The number of nitrogens with one attached hydrogen (secondary N) is 1. The molecule has 1 unspecified atom stereocenters. The molecule has 8 nitrogen and oxygen atoms in total. The lowest BCUT2D eigenvalue weighted by molar-refractivity contribution is -0.119. The quantitative estimate of drug-likeness (QED) is 0.406. The summed E-state index contributed by atoms with van der Waals surface area (Å²) in [7, 11) is 0. The molecule has 130 valence electrons. The second-order valence-corrected chi connectivity index (χ2v) is 5.53. The zero-order valence-electron chi connectivity index (χ0n) is 13.6. The number of hydrogen-bond donors (Lipinski definition) is 2. The minimum Gasteiger partial charge on any atom is -0.370 e. The maximum atomic E-state index is 11.1. The van der Waals surface area contributed by atoms with Gasteiger partial charge in [0.15, 0.2) is 11.8 Å². The smallest absolute Gasteiger partial charge is 0.248 e. The molecule has 23 heavy (non-hydrogen) atoms. The molecule has 1 fully saturated rings. The van der Waals surface area contributed by atoms with Crippen molar-refractivity contribution in [3.8, 4) is 0 Å². The summed E-state index contributed by atoms with van der Waals surface area (Å²) in [6.07, 6.45) is 2.49. The number of hydrogen-bond acceptors (Lipinski definition) is 5. The highest BCUT2D eigenvalue weighted by molar-refractivity contribution is 14.0. The fourth-order valence-corrected chi connectivity index (χ4v) is 2.68. The van der Waals surface area contributed by atoms with Gasteiger partial charge in [-0.2, -0.15) is 4.98 Å². The van der Waals surface area contributed by atoms with Gasteiger partial charge in [0.25, 0.3) is 0 Å². The number of carbonyl (C=O) groups excluding carboxylic acids is 1. The number of halogens is 1. The van der Waals surface area contributed by atoms with Gasteiger partial charge in [-0.3, -0.25) is 4.79 Å². The lowest BCUT2D eigenvalue weighted by Gasteiger charge is -2.34. The van der Waals surface area contributed by atoms with Crippen molar-refractivity contribution in [2.75, 3.05) is 19.6 Å². The van der Waals surface area contributed by atoms with Gasteiger partial charge in [-0.15, -0.1) is 24.0 Å². The SMILES string of the molecule is CCNC(=NCc1nc(C)no1)N1CCCC(CC(N)=O)C1.I. The minimum atomic E-state index is -0.241. The van der Waals surface area contributed by atoms with Gasteiger partial charge in [0, 0.05) is 26.1 Å². The van der Waals surface area contributed by atoms with Crippen molar-refractivity contribution in [1.82, 2.24) is 20.4 Å². The second kappa shape index (κ2) is 9.68. The number of guanidine groups is 1. The number of nitrogens with zero attached hydrogens (tertiary/aromatic N) is 4. The lowest BCUT2D eigenvalue weighted by Crippen LogP contribution is -2.47. The van der Waals surface area contributed by atoms with Crippen LogP contribution in [0.15, 0.2) is 9.52 Å². The number of aryl methyl sites for hydroxylation is 1. The molecule has 1 aromatic rings. The molecule has 1 saturated heterocycles. The molecular weight excluding hydrogens is 411 g/mol. The Morgan fingerprint density at radius 1 is 1.57 bits per heavy atom. The van der Waals surface area contributed by atoms with Crippen LogP contribution in [0.1, 0.15) is 37.9 Å². The van der Waals surface area contributed by atoms with E-state index in [2.05, 4.69) is 25.3 Å². The molecule has 2 rings (SSSR count). The van der Waals surface area contributed by atoms with Crippen LogP contribution in [0.2, 0.25) is 0 Å². The summed E-state index contributed by atoms with van der Waals surface area (Å²) in [5.74, 6) is 1.97. The van der Waals surface area contributed by atoms with Crippen molar-refractivity contribution in [2.24, 2.45) is 16.6 Å². The summed E-state index contributed by atoms with van der Waals surface area (Å²) in [5, 5.41) is 7.03. The Labute approximate surface area is 153 Å². The van der Waals surface area contributed by atoms with E-state index in [1.807, 2.05) is 6.92 Å². The summed E-state index contributed by atoms with van der Waals surface area (Å²) >= 11 is 0. The van der Waals surface area contributed by atoms with Crippen molar-refractivity contribution in [2.45, 2.75) is 39.7 Å². The third-order valence-electron chi connectivity index (χ3n) is 3.58. The van der Waals surface area contributed by atoms with Crippen molar-refractivity contribution in [3.63, 3.8) is 0 Å². The number of carbonyl (C=O) groups is 1. The first-order chi connectivity index (χ1) is 10.6. The highest BCUT2D eigenvalue weighted by Gasteiger charge is 2.23. The van der Waals surface area contributed by atoms with Crippen LogP contribution in [0.25, 0.3) is 0 Å². The van der Waals surface area contributed by atoms with Gasteiger partial charge >= 0.3 is 0 Å². The van der Waals surface area contributed by atoms with Crippen molar-refractivity contribution < 1.29 is 9.32 Å². The summed E-state index contributed by atoms with van der Waals surface area (Å²) in [4.78, 5) is 22.0. The van der Waals surface area contributed by atoms with Gasteiger partial charge in [0.1, 0.15) is 6.54 Å². The standard InChI is InChI=1S/C14H24N6O2.HI/c1-3-16-14(17-8-13-18-10(2)19-22-13)20-6-4-5-11(9-20)7-12(15)21;/h11H,3-9H2,1-2H3,(H2,15,21)(H,16,17);1H. The number of nitrogens with two attached hydrogens (primary N) is 1. The third kappa shape index (κ3) is 6.32. The molecule has 0 bridgehead atoms. The van der Waals surface area contributed by atoms with Crippen LogP contribution in [0, 0.1) is 12.8 Å². The fraction of sp³-hybridized carbons (Fsp3) is 0.714. The van der Waals surface area contributed by atoms with Crippen LogP contribution in [-0.4, -0.2) is 46.5 Å². The van der Waals surface area contributed by atoms with Crippen LogP contribution in [-0.2, 0) is 11.3 Å². The number of piperidine rings is 1. The largest absolute Gasteiger partial charge is 0.370 e. The minimum absolute atomic E-state index is 0. The van der Waals surface area contributed by atoms with Crippen LogP contribution in [0.3, 0.4) is 0 Å². The maximum Gasteiger partial charge on any atom is 0.248 e. The van der Waals surface area contributed by atoms with Crippen molar-refractivity contribution in [1.29, 1.82) is 0 Å². The van der Waals surface area contributed by atoms with E-state index in [1.54, 1.807) is 6.92 Å². The van der Waals surface area contributed by atoms with Gasteiger partial charge in [-0.25, -0.2) is 4.99 Å². The predicted molar refractivity (Wildman–Crippen MR) is 97.4 cm³/mol. The fourth-order valence-electron chi connectivity index (χ4n) is 2.68. The van der Waals surface area contributed by atoms with Crippen LogP contribution < -0.4 is 11.1 Å². The van der Waals surface area contributed by atoms with Crippen LogP contribution in [0.4, 0.5) is 0 Å². The summed E-state index contributed by atoms with van der Waals surface area (Å²) in [6, 6.07) is 0. The van der Waals surface area contributed by atoms with E-state index in [9.17, 15) is 4.79 Å². The Morgan fingerprint density at radius 2 is 2.35 bits per heavy atom. The maximum absolute atomic E-state index is 11.1. The first-order valence-electron chi connectivity index (χ1n) is 7.69. The predicted octanol–water partition coefficient (Wildman–Crippen LogP) is 1.05. The Hall–Kier alpha value is -1.39. The van der Waals surface area contributed by atoms with E-state index in [-0.39, 0.29) is 29.9 Å². The molecule has 3 N–H and O–H groups in total. The number of likely N-dealkylation sites (tertiary alicyclic amines) is 1. The summed E-state index contributed by atoms with van der Waals surface area (Å²) < 4.78 is 5.08. The Bertz CT molecular complexity index is 533. The van der Waals surface area contributed by atoms with Gasteiger partial charge in [-0.1, -0.05) is 5.16 Å². The monoisotopic (exact) mass is 436 g/mol. The number of aromatic nitrogens is 2. The van der Waals surface area contributed by atoms with Gasteiger partial charge in [0.05, 0.1) is 0 Å². The van der Waals surface area contributed by atoms with Crippen molar-refractivity contribution in [3.05, 3.63) is 11.7 Å². The normalized spacial score (nSPS) is 18.4. The number of primary amides is 1. The van der Waals surface area contributed by atoms with Crippen molar-refractivity contribution >= 4 is 35.8 Å². The molecule has 0 radical (unpaired) electrons. The van der Waals surface area contributed by atoms with Gasteiger partial charge in [-0.05, 0) is 32.6 Å². The second-order valence-electron chi connectivity index (χ2n) is 5.53. The van der Waals surface area contributed by atoms with E-state index in [4.69, 9.17) is 10.3 Å². The van der Waals surface area contributed by atoms with Crippen LogP contribution in [0.5, 0.6) is 0 Å². The molecule has 1 atom stereocenters. The molecular formula is C14H25IN6O2. The highest BCUT2D eigenvalue weighted by Crippen LogP contribution is 2.19. The van der Waals surface area contributed by atoms with Crippen LogP contribution >= 0.6 is 24.0 Å². The molecule has 1 amide bonds. The molecule has 1 aromatic heterocycles. The molecule has 1 aliphatic rings. The number of rotatable bonds is 5. The summed E-state index contributed by atoms with van der Waals surface area (Å²) in [5.41, 5.74) is 5.31. The number of amides is 1. The Balaban J connectivity index is 0.00000264. The molecule has 0 spiro atoms. The zero-order valence-corrected chi connectivity index (χ0v) is 15.9. The van der Waals surface area contributed by atoms with E-state index in [0.29, 0.717) is 30.6 Å². The zero-order chi connectivity index (χ0) is 15.9. The Morgan fingerprint density at radius 3 is 2.96 bits per heavy atom. The molecule has 0 aromatic carbocycles. The highest BCUT2D eigenvalue weighted by atomic mass is 127. The van der Waals surface area contributed by atoms with Gasteiger partial charge < -0.3 is 20.5 Å². The molecule has 2 heterocycles.